The second kappa shape index (κ2) is 3.02. The van der Waals surface area contributed by atoms with Crippen molar-refractivity contribution in [1.29, 1.82) is 0 Å². The molecule has 0 amide bonds. The third-order valence-electron chi connectivity index (χ3n) is 1.35. The Morgan fingerprint density at radius 3 is 2.73 bits per heavy atom. The van der Waals surface area contributed by atoms with Gasteiger partial charge in [0.25, 0.3) is 0 Å². The Morgan fingerprint density at radius 2 is 2.18 bits per heavy atom. The van der Waals surface area contributed by atoms with Gasteiger partial charge in [-0.15, -0.1) is 0 Å². The smallest absolute Gasteiger partial charge is 0.223 e. The van der Waals surface area contributed by atoms with E-state index in [0.29, 0.717) is 0 Å². The zero-order valence-corrected chi connectivity index (χ0v) is 7.44. The Morgan fingerprint density at radius 1 is 1.55 bits per heavy atom. The molecule has 0 saturated carbocycles. The molecule has 0 atom stereocenters. The van der Waals surface area contributed by atoms with Crippen molar-refractivity contribution in [2.45, 2.75) is 6.92 Å². The summed E-state index contributed by atoms with van der Waals surface area (Å²) in [5.41, 5.74) is 0.859. The third-order valence-corrected chi connectivity index (χ3v) is 2.20. The highest BCUT2D eigenvalue weighted by Gasteiger charge is 2.03. The lowest BCUT2D eigenvalue weighted by molar-refractivity contribution is 0.632. The van der Waals surface area contributed by atoms with Crippen LogP contribution in [0.25, 0.3) is 4.85 Å². The largest absolute Gasteiger partial charge is 0.235 e. The third kappa shape index (κ3) is 1.58. The molecule has 0 aliphatic carbocycles. The SMILES string of the molecule is [C-]#[N+]c1cc(Br)c(C)cc1F. The molecule has 1 aromatic rings. The number of nitrogens with zero attached hydrogens (tertiary/aromatic N) is 1. The average Bonchev–Trinajstić information content (AvgIpc) is 1.97. The number of aryl methyl sites for hydroxylation is 1. The molecular weight excluding hydrogens is 209 g/mol. The van der Waals surface area contributed by atoms with Crippen LogP contribution in [-0.2, 0) is 0 Å². The molecule has 56 valence electrons. The summed E-state index contributed by atoms with van der Waals surface area (Å²) >= 11 is 3.21. The van der Waals surface area contributed by atoms with E-state index in [1.54, 1.807) is 6.92 Å². The zero-order valence-electron chi connectivity index (χ0n) is 5.86. The first kappa shape index (κ1) is 8.22. The zero-order chi connectivity index (χ0) is 8.43. The Kier molecular flexibility index (Phi) is 2.25. The van der Waals surface area contributed by atoms with Gasteiger partial charge in [-0.1, -0.05) is 15.9 Å². The second-order valence-electron chi connectivity index (χ2n) is 2.16. The number of hydrogen-bond donors (Lipinski definition) is 0. The van der Waals surface area contributed by atoms with Crippen molar-refractivity contribution in [3.05, 3.63) is 39.4 Å². The molecular formula is C8H5BrFN. The summed E-state index contributed by atoms with van der Waals surface area (Å²) in [6.07, 6.45) is 0. The van der Waals surface area contributed by atoms with Gasteiger partial charge in [-0.3, -0.25) is 0 Å². The van der Waals surface area contributed by atoms with Crippen LogP contribution in [0.15, 0.2) is 16.6 Å². The van der Waals surface area contributed by atoms with Gasteiger partial charge in [0.2, 0.25) is 5.69 Å². The van der Waals surface area contributed by atoms with E-state index in [-0.39, 0.29) is 5.69 Å². The van der Waals surface area contributed by atoms with Gasteiger partial charge in [0, 0.05) is 4.47 Å². The van der Waals surface area contributed by atoms with Gasteiger partial charge in [0.05, 0.1) is 6.57 Å². The maximum atomic E-state index is 12.8. The fraction of sp³-hybridized carbons (Fsp3) is 0.125. The Labute approximate surface area is 72.8 Å². The molecule has 0 radical (unpaired) electrons. The molecule has 1 rings (SSSR count). The first-order chi connectivity index (χ1) is 5.15. The highest BCUT2D eigenvalue weighted by atomic mass is 79.9. The normalized spacial score (nSPS) is 9.27. The molecule has 0 saturated heterocycles. The number of benzene rings is 1. The van der Waals surface area contributed by atoms with Crippen LogP contribution in [-0.4, -0.2) is 0 Å². The van der Waals surface area contributed by atoms with Crippen LogP contribution in [0.3, 0.4) is 0 Å². The Balaban J connectivity index is 3.35. The van der Waals surface area contributed by atoms with Gasteiger partial charge >= 0.3 is 0 Å². The van der Waals surface area contributed by atoms with Crippen LogP contribution in [0.1, 0.15) is 5.56 Å². The van der Waals surface area contributed by atoms with Crippen molar-refractivity contribution < 1.29 is 4.39 Å². The Bertz CT molecular complexity index is 328. The average molecular weight is 214 g/mol. The molecule has 0 heterocycles. The lowest BCUT2D eigenvalue weighted by Gasteiger charge is -1.98. The maximum absolute atomic E-state index is 12.8. The van der Waals surface area contributed by atoms with Crippen LogP contribution in [0, 0.1) is 19.3 Å². The van der Waals surface area contributed by atoms with Crippen LogP contribution in [0.4, 0.5) is 10.1 Å². The standard InChI is InChI=1S/C8H5BrFN/c1-5-3-7(10)8(11-2)4-6(5)9/h3-4H,1H3. The van der Waals surface area contributed by atoms with Gasteiger partial charge in [-0.05, 0) is 24.6 Å². The highest BCUT2D eigenvalue weighted by Crippen LogP contribution is 2.25. The topological polar surface area (TPSA) is 4.36 Å². The summed E-state index contributed by atoms with van der Waals surface area (Å²) < 4.78 is 13.6. The minimum absolute atomic E-state index is 0.0578. The molecule has 0 spiro atoms. The van der Waals surface area contributed by atoms with Gasteiger partial charge in [-0.2, -0.15) is 0 Å². The van der Waals surface area contributed by atoms with E-state index in [9.17, 15) is 4.39 Å². The minimum Gasteiger partial charge on any atom is -0.235 e. The molecule has 0 N–H and O–H groups in total. The number of rotatable bonds is 0. The molecule has 1 aromatic carbocycles. The minimum atomic E-state index is -0.458. The molecule has 3 heteroatoms. The summed E-state index contributed by atoms with van der Waals surface area (Å²) in [5, 5.41) is 0. The molecule has 1 nitrogen and oxygen atoms in total. The summed E-state index contributed by atoms with van der Waals surface area (Å²) in [4.78, 5) is 3.02. The van der Waals surface area contributed by atoms with E-state index in [2.05, 4.69) is 20.8 Å². The lowest BCUT2D eigenvalue weighted by Crippen LogP contribution is -1.79. The first-order valence-corrected chi connectivity index (χ1v) is 3.77. The van der Waals surface area contributed by atoms with E-state index < -0.39 is 5.82 Å². The van der Waals surface area contributed by atoms with E-state index in [4.69, 9.17) is 6.57 Å². The van der Waals surface area contributed by atoms with Crippen LogP contribution in [0.2, 0.25) is 0 Å². The Hall–Kier alpha value is -0.880. The predicted octanol–water partition coefficient (Wildman–Crippen LogP) is 3.45. The first-order valence-electron chi connectivity index (χ1n) is 2.98. The fourth-order valence-corrected chi connectivity index (χ4v) is 1.05. The van der Waals surface area contributed by atoms with Crippen molar-refractivity contribution in [2.24, 2.45) is 0 Å². The highest BCUT2D eigenvalue weighted by molar-refractivity contribution is 9.10. The maximum Gasteiger partial charge on any atom is 0.223 e. The fourth-order valence-electron chi connectivity index (χ4n) is 0.721. The summed E-state index contributed by atoms with van der Waals surface area (Å²) in [5.74, 6) is -0.458. The van der Waals surface area contributed by atoms with Gasteiger partial charge < -0.3 is 0 Å². The van der Waals surface area contributed by atoms with Crippen molar-refractivity contribution in [3.8, 4) is 0 Å². The van der Waals surface area contributed by atoms with Crippen molar-refractivity contribution in [3.63, 3.8) is 0 Å². The molecule has 0 aliphatic rings. The number of halogens is 2. The van der Waals surface area contributed by atoms with E-state index in [0.717, 1.165) is 10.0 Å². The molecule has 0 unspecified atom stereocenters. The summed E-state index contributed by atoms with van der Waals surface area (Å²) in [6.45, 7) is 8.39. The molecule has 0 fully saturated rings. The second-order valence-corrected chi connectivity index (χ2v) is 3.02. The van der Waals surface area contributed by atoms with Gasteiger partial charge in [-0.25, -0.2) is 9.24 Å². The molecule has 11 heavy (non-hydrogen) atoms. The van der Waals surface area contributed by atoms with Crippen LogP contribution < -0.4 is 0 Å². The van der Waals surface area contributed by atoms with Crippen molar-refractivity contribution in [2.75, 3.05) is 0 Å². The predicted molar refractivity (Wildman–Crippen MR) is 45.1 cm³/mol. The van der Waals surface area contributed by atoms with E-state index in [1.807, 2.05) is 0 Å². The van der Waals surface area contributed by atoms with Crippen molar-refractivity contribution in [1.82, 2.24) is 0 Å². The van der Waals surface area contributed by atoms with Crippen LogP contribution >= 0.6 is 15.9 Å². The van der Waals surface area contributed by atoms with Gasteiger partial charge in [0.15, 0.2) is 0 Å². The van der Waals surface area contributed by atoms with Gasteiger partial charge in [0.1, 0.15) is 5.82 Å². The van der Waals surface area contributed by atoms with E-state index >= 15 is 0 Å². The van der Waals surface area contributed by atoms with Crippen molar-refractivity contribution >= 4 is 21.6 Å². The van der Waals surface area contributed by atoms with Crippen LogP contribution in [0.5, 0.6) is 0 Å². The summed E-state index contributed by atoms with van der Waals surface area (Å²) in [6, 6.07) is 2.83. The lowest BCUT2D eigenvalue weighted by atomic mass is 10.2. The summed E-state index contributed by atoms with van der Waals surface area (Å²) in [7, 11) is 0. The quantitative estimate of drug-likeness (QED) is 0.582. The molecule has 0 aliphatic heterocycles. The molecule has 0 aromatic heterocycles. The number of hydrogen-bond acceptors (Lipinski definition) is 0. The van der Waals surface area contributed by atoms with E-state index in [1.165, 1.54) is 12.1 Å². The monoisotopic (exact) mass is 213 g/mol. The molecule has 0 bridgehead atoms.